The van der Waals surface area contributed by atoms with E-state index in [9.17, 15) is 10.1 Å². The van der Waals surface area contributed by atoms with Gasteiger partial charge >= 0.3 is 0 Å². The van der Waals surface area contributed by atoms with E-state index in [-0.39, 0.29) is 16.7 Å². The van der Waals surface area contributed by atoms with Gasteiger partial charge in [0.2, 0.25) is 0 Å². The topological polar surface area (TPSA) is 55.2 Å². The van der Waals surface area contributed by atoms with Gasteiger partial charge in [-0.25, -0.2) is 0 Å². The van der Waals surface area contributed by atoms with Crippen molar-refractivity contribution in [1.82, 2.24) is 5.32 Å². The summed E-state index contributed by atoms with van der Waals surface area (Å²) < 4.78 is 0. The van der Waals surface area contributed by atoms with Crippen LogP contribution in [0.5, 0.6) is 0 Å². The highest BCUT2D eigenvalue weighted by atomic mass is 16.6. The van der Waals surface area contributed by atoms with Gasteiger partial charge in [0.05, 0.1) is 4.92 Å². The van der Waals surface area contributed by atoms with Crippen LogP contribution in [0, 0.1) is 28.9 Å². The average Bonchev–Trinajstić information content (AvgIpc) is 2.82. The SMILES string of the molecule is Cc1ccc(C(C)NCC2CCC(C)C2)cc1[N+](=O)[O-]. The van der Waals surface area contributed by atoms with E-state index in [1.54, 1.807) is 13.0 Å². The number of nitrogens with one attached hydrogen (secondary N) is 1. The van der Waals surface area contributed by atoms with Crippen molar-refractivity contribution < 1.29 is 4.92 Å². The fraction of sp³-hybridized carbons (Fsp3) is 0.625. The Kier molecular flexibility index (Phi) is 4.76. The highest BCUT2D eigenvalue weighted by Crippen LogP contribution is 2.30. The lowest BCUT2D eigenvalue weighted by Crippen LogP contribution is -2.24. The van der Waals surface area contributed by atoms with E-state index in [2.05, 4.69) is 19.2 Å². The Morgan fingerprint density at radius 3 is 2.80 bits per heavy atom. The summed E-state index contributed by atoms with van der Waals surface area (Å²) in [6.07, 6.45) is 3.93. The minimum Gasteiger partial charge on any atom is -0.310 e. The summed E-state index contributed by atoms with van der Waals surface area (Å²) in [7, 11) is 0. The quantitative estimate of drug-likeness (QED) is 0.653. The van der Waals surface area contributed by atoms with E-state index < -0.39 is 0 Å². The summed E-state index contributed by atoms with van der Waals surface area (Å²) in [4.78, 5) is 10.7. The monoisotopic (exact) mass is 276 g/mol. The van der Waals surface area contributed by atoms with Crippen molar-refractivity contribution in [2.24, 2.45) is 11.8 Å². The predicted molar refractivity (Wildman–Crippen MR) is 80.8 cm³/mol. The van der Waals surface area contributed by atoms with Gasteiger partial charge in [0.15, 0.2) is 0 Å². The Hall–Kier alpha value is -1.42. The molecular weight excluding hydrogens is 252 g/mol. The summed E-state index contributed by atoms with van der Waals surface area (Å²) in [5, 5.41) is 14.5. The second-order valence-corrected chi connectivity index (χ2v) is 6.22. The number of hydrogen-bond donors (Lipinski definition) is 1. The molecule has 0 spiro atoms. The van der Waals surface area contributed by atoms with E-state index in [0.717, 1.165) is 29.5 Å². The Morgan fingerprint density at radius 1 is 1.45 bits per heavy atom. The zero-order chi connectivity index (χ0) is 14.7. The van der Waals surface area contributed by atoms with Gasteiger partial charge in [-0.3, -0.25) is 10.1 Å². The van der Waals surface area contributed by atoms with Crippen LogP contribution in [0.1, 0.15) is 50.3 Å². The van der Waals surface area contributed by atoms with Gasteiger partial charge in [0, 0.05) is 17.7 Å². The van der Waals surface area contributed by atoms with E-state index >= 15 is 0 Å². The third-order valence-electron chi connectivity index (χ3n) is 4.45. The van der Waals surface area contributed by atoms with Crippen LogP contribution in [0.4, 0.5) is 5.69 Å². The Morgan fingerprint density at radius 2 is 2.20 bits per heavy atom. The smallest absolute Gasteiger partial charge is 0.272 e. The van der Waals surface area contributed by atoms with Crippen molar-refractivity contribution in [3.05, 3.63) is 39.4 Å². The summed E-state index contributed by atoms with van der Waals surface area (Å²) in [5.74, 6) is 1.60. The van der Waals surface area contributed by atoms with Gasteiger partial charge in [-0.05, 0) is 50.6 Å². The minimum atomic E-state index is -0.301. The van der Waals surface area contributed by atoms with Crippen LogP contribution in [0.3, 0.4) is 0 Å². The molecule has 110 valence electrons. The third-order valence-corrected chi connectivity index (χ3v) is 4.45. The molecule has 1 saturated carbocycles. The maximum atomic E-state index is 11.0. The molecule has 4 heteroatoms. The molecule has 3 unspecified atom stereocenters. The number of benzene rings is 1. The van der Waals surface area contributed by atoms with Crippen molar-refractivity contribution >= 4 is 5.69 Å². The van der Waals surface area contributed by atoms with Crippen LogP contribution >= 0.6 is 0 Å². The molecule has 0 aromatic heterocycles. The maximum Gasteiger partial charge on any atom is 0.272 e. The summed E-state index contributed by atoms with van der Waals surface area (Å²) in [6.45, 7) is 7.17. The molecule has 1 aromatic rings. The summed E-state index contributed by atoms with van der Waals surface area (Å²) in [6, 6.07) is 5.68. The lowest BCUT2D eigenvalue weighted by atomic mass is 10.0. The van der Waals surface area contributed by atoms with Gasteiger partial charge in [-0.2, -0.15) is 0 Å². The van der Waals surface area contributed by atoms with E-state index in [0.29, 0.717) is 0 Å². The number of nitro groups is 1. The Balaban J connectivity index is 1.96. The first-order valence-electron chi connectivity index (χ1n) is 7.45. The molecule has 1 aliphatic rings. The van der Waals surface area contributed by atoms with Gasteiger partial charge < -0.3 is 5.32 Å². The van der Waals surface area contributed by atoms with Crippen molar-refractivity contribution in [2.75, 3.05) is 6.54 Å². The molecule has 0 aliphatic heterocycles. The second-order valence-electron chi connectivity index (χ2n) is 6.22. The molecule has 1 fully saturated rings. The third kappa shape index (κ3) is 3.57. The molecule has 4 nitrogen and oxygen atoms in total. The highest BCUT2D eigenvalue weighted by molar-refractivity contribution is 5.43. The van der Waals surface area contributed by atoms with Crippen molar-refractivity contribution in [1.29, 1.82) is 0 Å². The predicted octanol–water partition coefficient (Wildman–Crippen LogP) is 3.99. The molecule has 0 heterocycles. The van der Waals surface area contributed by atoms with Crippen LogP contribution < -0.4 is 5.32 Å². The number of nitrogens with zero attached hydrogens (tertiary/aromatic N) is 1. The van der Waals surface area contributed by atoms with Gasteiger partial charge in [0.1, 0.15) is 0 Å². The van der Waals surface area contributed by atoms with Crippen molar-refractivity contribution in [3.8, 4) is 0 Å². The second kappa shape index (κ2) is 6.35. The van der Waals surface area contributed by atoms with Crippen molar-refractivity contribution in [3.63, 3.8) is 0 Å². The molecule has 0 radical (unpaired) electrons. The summed E-state index contributed by atoms with van der Waals surface area (Å²) >= 11 is 0. The fourth-order valence-corrected chi connectivity index (χ4v) is 3.06. The lowest BCUT2D eigenvalue weighted by Gasteiger charge is -2.18. The highest BCUT2D eigenvalue weighted by Gasteiger charge is 2.22. The minimum absolute atomic E-state index is 0.158. The molecular formula is C16H24N2O2. The number of nitro benzene ring substituents is 1. The zero-order valence-electron chi connectivity index (χ0n) is 12.6. The largest absolute Gasteiger partial charge is 0.310 e. The zero-order valence-corrected chi connectivity index (χ0v) is 12.6. The Labute approximate surface area is 120 Å². The first kappa shape index (κ1) is 15.0. The first-order chi connectivity index (χ1) is 9.47. The number of aryl methyl sites for hydroxylation is 1. The first-order valence-corrected chi connectivity index (χ1v) is 7.45. The average molecular weight is 276 g/mol. The van der Waals surface area contributed by atoms with Gasteiger partial charge in [-0.15, -0.1) is 0 Å². The number of hydrogen-bond acceptors (Lipinski definition) is 3. The molecule has 1 aromatic carbocycles. The molecule has 1 N–H and O–H groups in total. The van der Waals surface area contributed by atoms with Gasteiger partial charge in [-0.1, -0.05) is 25.5 Å². The molecule has 0 amide bonds. The van der Waals surface area contributed by atoms with Crippen LogP contribution in [-0.2, 0) is 0 Å². The normalized spacial score (nSPS) is 23.8. The van der Waals surface area contributed by atoms with Crippen LogP contribution in [0.2, 0.25) is 0 Å². The Bertz CT molecular complexity index is 487. The molecule has 1 aliphatic carbocycles. The van der Waals surface area contributed by atoms with E-state index in [1.165, 1.54) is 19.3 Å². The van der Waals surface area contributed by atoms with Crippen LogP contribution in [-0.4, -0.2) is 11.5 Å². The molecule has 2 rings (SSSR count). The summed E-state index contributed by atoms with van der Waals surface area (Å²) in [5.41, 5.74) is 1.93. The van der Waals surface area contributed by atoms with Crippen LogP contribution in [0.15, 0.2) is 18.2 Å². The van der Waals surface area contributed by atoms with E-state index in [1.807, 2.05) is 12.1 Å². The molecule has 0 bridgehead atoms. The lowest BCUT2D eigenvalue weighted by molar-refractivity contribution is -0.385. The van der Waals surface area contributed by atoms with Gasteiger partial charge in [0.25, 0.3) is 5.69 Å². The van der Waals surface area contributed by atoms with E-state index in [4.69, 9.17) is 0 Å². The fourth-order valence-electron chi connectivity index (χ4n) is 3.06. The number of rotatable bonds is 5. The van der Waals surface area contributed by atoms with Crippen molar-refractivity contribution in [2.45, 2.75) is 46.1 Å². The van der Waals surface area contributed by atoms with Crippen LogP contribution in [0.25, 0.3) is 0 Å². The standard InChI is InChI=1S/C16H24N2O2/c1-11-4-6-14(8-11)10-17-13(3)15-7-5-12(2)16(9-15)18(19)20/h5,7,9,11,13-14,17H,4,6,8,10H2,1-3H3. The molecule has 3 atom stereocenters. The molecule has 20 heavy (non-hydrogen) atoms. The maximum absolute atomic E-state index is 11.0. The molecule has 0 saturated heterocycles.